The summed E-state index contributed by atoms with van der Waals surface area (Å²) in [4.78, 5) is 10.6. The van der Waals surface area contributed by atoms with Crippen molar-refractivity contribution in [2.45, 2.75) is 6.92 Å². The zero-order valence-electron chi connectivity index (χ0n) is 5.48. The van der Waals surface area contributed by atoms with E-state index < -0.39 is 0 Å². The van der Waals surface area contributed by atoms with Crippen LogP contribution in [0.1, 0.15) is 6.92 Å². The van der Waals surface area contributed by atoms with Gasteiger partial charge in [-0.05, 0) is 6.92 Å². The third-order valence-corrected chi connectivity index (χ3v) is 1.21. The van der Waals surface area contributed by atoms with E-state index >= 15 is 0 Å². The highest BCUT2D eigenvalue weighted by atomic mass is 79.9. The van der Waals surface area contributed by atoms with Gasteiger partial charge in [-0.25, -0.2) is 4.79 Å². The summed E-state index contributed by atoms with van der Waals surface area (Å²) < 4.78 is 4.44. The van der Waals surface area contributed by atoms with Crippen LogP contribution < -0.4 is 0 Å². The van der Waals surface area contributed by atoms with Crippen LogP contribution >= 0.6 is 15.9 Å². The largest absolute Gasteiger partial charge is 0.466 e. The Labute approximate surface area is 63.0 Å². The fourth-order valence-corrected chi connectivity index (χ4v) is 0.846. The maximum atomic E-state index is 10.6. The molecule has 0 aromatic rings. The molecule has 3 heteroatoms. The molecule has 9 heavy (non-hydrogen) atoms. The Hall–Kier alpha value is -0.310. The van der Waals surface area contributed by atoms with E-state index in [1.165, 1.54) is 7.11 Å². The lowest BCUT2D eigenvalue weighted by atomic mass is 10.3. The summed E-state index contributed by atoms with van der Waals surface area (Å²) in [5, 5.41) is 0.688. The third kappa shape index (κ3) is 3.30. The van der Waals surface area contributed by atoms with Gasteiger partial charge in [-0.15, -0.1) is 0 Å². The molecule has 0 N–H and O–H groups in total. The van der Waals surface area contributed by atoms with Crippen LogP contribution in [0.4, 0.5) is 0 Å². The lowest BCUT2D eigenvalue weighted by molar-refractivity contribution is -0.136. The molecule has 0 unspecified atom stereocenters. The summed E-state index contributed by atoms with van der Waals surface area (Å²) in [7, 11) is 1.37. The number of halogens is 1. The number of esters is 1. The zero-order chi connectivity index (χ0) is 7.28. The number of carbonyl (C=O) groups excluding carboxylic acids is 1. The molecule has 0 radical (unpaired) electrons. The van der Waals surface area contributed by atoms with E-state index in [0.717, 1.165) is 0 Å². The first-order valence-electron chi connectivity index (χ1n) is 2.53. The van der Waals surface area contributed by atoms with Gasteiger partial charge in [-0.3, -0.25) is 0 Å². The molecular weight excluding hydrogens is 184 g/mol. The highest BCUT2D eigenvalue weighted by molar-refractivity contribution is 9.09. The minimum Gasteiger partial charge on any atom is -0.466 e. The van der Waals surface area contributed by atoms with Crippen molar-refractivity contribution in [1.82, 2.24) is 0 Å². The topological polar surface area (TPSA) is 26.3 Å². The minimum absolute atomic E-state index is 0.269. The van der Waals surface area contributed by atoms with Gasteiger partial charge in [0.25, 0.3) is 0 Å². The first-order chi connectivity index (χ1) is 4.22. The van der Waals surface area contributed by atoms with Crippen LogP contribution in [0, 0.1) is 0 Å². The molecule has 0 aromatic carbocycles. The molecule has 0 heterocycles. The molecule has 52 valence electrons. The molecule has 0 saturated carbocycles. The molecule has 2 nitrogen and oxygen atoms in total. The molecular formula is C6H9BrO2. The van der Waals surface area contributed by atoms with Crippen LogP contribution in [0.25, 0.3) is 0 Å². The van der Waals surface area contributed by atoms with E-state index in [9.17, 15) is 4.79 Å². The van der Waals surface area contributed by atoms with Crippen molar-refractivity contribution >= 4 is 21.9 Å². The van der Waals surface area contributed by atoms with E-state index in [0.29, 0.717) is 10.9 Å². The van der Waals surface area contributed by atoms with Crippen molar-refractivity contribution in [3.63, 3.8) is 0 Å². The van der Waals surface area contributed by atoms with Crippen LogP contribution in [-0.2, 0) is 9.53 Å². The Bertz CT molecular complexity index is 129. The van der Waals surface area contributed by atoms with Crippen molar-refractivity contribution in [2.75, 3.05) is 12.4 Å². The van der Waals surface area contributed by atoms with E-state index in [2.05, 4.69) is 20.7 Å². The number of carbonyl (C=O) groups is 1. The molecule has 0 saturated heterocycles. The average Bonchev–Trinajstić information content (AvgIpc) is 1.87. The van der Waals surface area contributed by atoms with Gasteiger partial charge < -0.3 is 4.74 Å². The van der Waals surface area contributed by atoms with Crippen molar-refractivity contribution in [2.24, 2.45) is 0 Å². The van der Waals surface area contributed by atoms with Gasteiger partial charge in [0.05, 0.1) is 7.11 Å². The van der Waals surface area contributed by atoms with Gasteiger partial charge in [0, 0.05) is 10.9 Å². The number of hydrogen-bond acceptors (Lipinski definition) is 2. The third-order valence-electron chi connectivity index (χ3n) is 0.891. The van der Waals surface area contributed by atoms with Crippen molar-refractivity contribution in [3.8, 4) is 0 Å². The standard InChI is InChI=1S/C6H9BrO2/c1-5(3-4-7)6(8)9-2/h3H,4H2,1-2H3/b5-3-. The second kappa shape index (κ2) is 4.56. The first kappa shape index (κ1) is 8.69. The SMILES string of the molecule is COC(=O)/C(C)=C\CBr. The summed E-state index contributed by atoms with van der Waals surface area (Å²) in [5.41, 5.74) is 0.634. The number of hydrogen-bond donors (Lipinski definition) is 0. The van der Waals surface area contributed by atoms with Crippen LogP contribution in [0.15, 0.2) is 11.6 Å². The lowest BCUT2D eigenvalue weighted by Crippen LogP contribution is -2.01. The summed E-state index contributed by atoms with van der Waals surface area (Å²) in [5.74, 6) is -0.269. The highest BCUT2D eigenvalue weighted by Gasteiger charge is 1.99. The Morgan fingerprint density at radius 1 is 1.78 bits per heavy atom. The molecule has 0 aromatic heterocycles. The van der Waals surface area contributed by atoms with E-state index in [-0.39, 0.29) is 5.97 Å². The summed E-state index contributed by atoms with van der Waals surface area (Å²) in [6.45, 7) is 1.72. The Morgan fingerprint density at radius 2 is 2.33 bits per heavy atom. The summed E-state index contributed by atoms with van der Waals surface area (Å²) >= 11 is 3.16. The number of rotatable bonds is 2. The Morgan fingerprint density at radius 3 is 2.67 bits per heavy atom. The lowest BCUT2D eigenvalue weighted by Gasteiger charge is -1.94. The first-order valence-corrected chi connectivity index (χ1v) is 3.65. The van der Waals surface area contributed by atoms with Crippen molar-refractivity contribution in [1.29, 1.82) is 0 Å². The van der Waals surface area contributed by atoms with E-state index in [1.54, 1.807) is 13.0 Å². The van der Waals surface area contributed by atoms with Crippen LogP contribution in [-0.4, -0.2) is 18.4 Å². The van der Waals surface area contributed by atoms with Crippen molar-refractivity contribution in [3.05, 3.63) is 11.6 Å². The van der Waals surface area contributed by atoms with Crippen molar-refractivity contribution < 1.29 is 9.53 Å². The van der Waals surface area contributed by atoms with Gasteiger partial charge in [0.15, 0.2) is 0 Å². The molecule has 0 spiro atoms. The number of alkyl halides is 1. The van der Waals surface area contributed by atoms with Gasteiger partial charge >= 0.3 is 5.97 Å². The molecule has 0 fully saturated rings. The minimum atomic E-state index is -0.269. The highest BCUT2D eigenvalue weighted by Crippen LogP contribution is 1.96. The molecule has 0 amide bonds. The molecule has 0 aliphatic heterocycles. The normalized spacial score (nSPS) is 11.2. The van der Waals surface area contributed by atoms with E-state index in [4.69, 9.17) is 0 Å². The summed E-state index contributed by atoms with van der Waals surface area (Å²) in [6, 6.07) is 0. The second-order valence-corrected chi connectivity index (χ2v) is 2.18. The average molecular weight is 193 g/mol. The fourth-order valence-electron chi connectivity index (χ4n) is 0.360. The van der Waals surface area contributed by atoms with E-state index in [1.807, 2.05) is 0 Å². The monoisotopic (exact) mass is 192 g/mol. The number of ether oxygens (including phenoxy) is 1. The smallest absolute Gasteiger partial charge is 0.333 e. The predicted molar refractivity (Wildman–Crippen MR) is 39.6 cm³/mol. The number of allylic oxidation sites excluding steroid dienone is 1. The Balaban J connectivity index is 3.86. The number of methoxy groups -OCH3 is 1. The van der Waals surface area contributed by atoms with Crippen LogP contribution in [0.3, 0.4) is 0 Å². The molecule has 0 bridgehead atoms. The molecule has 0 atom stereocenters. The summed E-state index contributed by atoms with van der Waals surface area (Å²) in [6.07, 6.45) is 1.76. The van der Waals surface area contributed by atoms with Gasteiger partial charge in [0.1, 0.15) is 0 Å². The Kier molecular flexibility index (Phi) is 4.40. The maximum absolute atomic E-state index is 10.6. The quantitative estimate of drug-likeness (QED) is 0.377. The van der Waals surface area contributed by atoms with Gasteiger partial charge in [-0.2, -0.15) is 0 Å². The fraction of sp³-hybridized carbons (Fsp3) is 0.500. The second-order valence-electron chi connectivity index (χ2n) is 1.53. The zero-order valence-corrected chi connectivity index (χ0v) is 7.06. The maximum Gasteiger partial charge on any atom is 0.333 e. The van der Waals surface area contributed by atoms with Crippen LogP contribution in [0.5, 0.6) is 0 Å². The molecule has 0 aliphatic carbocycles. The predicted octanol–water partition coefficient (Wildman–Crippen LogP) is 1.50. The van der Waals surface area contributed by atoms with Gasteiger partial charge in [-0.1, -0.05) is 22.0 Å². The van der Waals surface area contributed by atoms with Gasteiger partial charge in [0.2, 0.25) is 0 Å². The van der Waals surface area contributed by atoms with Crippen LogP contribution in [0.2, 0.25) is 0 Å². The molecule has 0 aliphatic rings. The molecule has 0 rings (SSSR count).